The van der Waals surface area contributed by atoms with Crippen LogP contribution in [0.25, 0.3) is 0 Å². The second-order valence-corrected chi connectivity index (χ2v) is 8.52. The summed E-state index contributed by atoms with van der Waals surface area (Å²) in [5.41, 5.74) is 0. The lowest BCUT2D eigenvalue weighted by atomic mass is 10.0. The van der Waals surface area contributed by atoms with Crippen molar-refractivity contribution in [3.05, 3.63) is 16.5 Å². The molecular formula is C12H17ClN2O3S2. The number of carbonyl (C=O) groups is 1. The molecule has 20 heavy (non-hydrogen) atoms. The van der Waals surface area contributed by atoms with Gasteiger partial charge in [-0.05, 0) is 38.3 Å². The first-order valence-electron chi connectivity index (χ1n) is 6.44. The lowest BCUT2D eigenvalue weighted by molar-refractivity contribution is -0.133. The first-order valence-corrected chi connectivity index (χ1v) is 9.12. The van der Waals surface area contributed by atoms with Crippen LogP contribution in [0.2, 0.25) is 4.34 Å². The summed E-state index contributed by atoms with van der Waals surface area (Å²) < 4.78 is 26.8. The molecule has 1 amide bonds. The van der Waals surface area contributed by atoms with E-state index in [4.69, 9.17) is 11.6 Å². The first kappa shape index (κ1) is 15.8. The maximum atomic E-state index is 12.1. The maximum absolute atomic E-state index is 12.1. The third kappa shape index (κ3) is 3.72. The van der Waals surface area contributed by atoms with E-state index in [1.54, 1.807) is 4.90 Å². The molecule has 0 aromatic carbocycles. The molecule has 1 aliphatic heterocycles. The van der Waals surface area contributed by atoms with Crippen LogP contribution in [0.5, 0.6) is 0 Å². The summed E-state index contributed by atoms with van der Waals surface area (Å²) in [6, 6.07) is 3.13. The quantitative estimate of drug-likeness (QED) is 0.915. The number of nitrogens with one attached hydrogen (secondary N) is 1. The Bertz CT molecular complexity index is 585. The zero-order valence-corrected chi connectivity index (χ0v) is 13.5. The van der Waals surface area contributed by atoms with E-state index in [0.717, 1.165) is 30.6 Å². The number of amides is 1. The van der Waals surface area contributed by atoms with E-state index in [9.17, 15) is 13.2 Å². The minimum absolute atomic E-state index is 0.127. The summed E-state index contributed by atoms with van der Waals surface area (Å²) in [4.78, 5) is 13.8. The molecule has 1 saturated heterocycles. The van der Waals surface area contributed by atoms with Crippen molar-refractivity contribution in [3.63, 3.8) is 0 Å². The second-order valence-electron chi connectivity index (χ2n) is 4.82. The van der Waals surface area contributed by atoms with Crippen LogP contribution in [0.1, 0.15) is 26.2 Å². The second kappa shape index (κ2) is 6.43. The normalized spacial score (nSPS) is 20.1. The lowest BCUT2D eigenvalue weighted by Crippen LogP contribution is -2.46. The van der Waals surface area contributed by atoms with Crippen LogP contribution < -0.4 is 4.72 Å². The molecule has 8 heteroatoms. The monoisotopic (exact) mass is 336 g/mol. The SMILES string of the molecule is C[C@@H]1CCCCN1C(=O)CNS(=O)(=O)c1ccc(Cl)s1. The number of halogens is 1. The highest BCUT2D eigenvalue weighted by Gasteiger charge is 2.25. The summed E-state index contributed by atoms with van der Waals surface area (Å²) in [6.07, 6.45) is 3.06. The van der Waals surface area contributed by atoms with Crippen LogP contribution in [0.4, 0.5) is 0 Å². The van der Waals surface area contributed by atoms with Crippen LogP contribution in [0.3, 0.4) is 0 Å². The van der Waals surface area contributed by atoms with E-state index < -0.39 is 10.0 Å². The van der Waals surface area contributed by atoms with Crippen molar-refractivity contribution in [2.75, 3.05) is 13.1 Å². The molecule has 0 spiro atoms. The number of piperidine rings is 1. The van der Waals surface area contributed by atoms with Gasteiger partial charge in [-0.3, -0.25) is 4.79 Å². The topological polar surface area (TPSA) is 66.5 Å². The van der Waals surface area contributed by atoms with Gasteiger partial charge >= 0.3 is 0 Å². The van der Waals surface area contributed by atoms with E-state index in [1.165, 1.54) is 12.1 Å². The Morgan fingerprint density at radius 3 is 2.85 bits per heavy atom. The van der Waals surface area contributed by atoms with Gasteiger partial charge < -0.3 is 4.90 Å². The molecule has 0 radical (unpaired) electrons. The zero-order valence-electron chi connectivity index (χ0n) is 11.1. The Hall–Kier alpha value is -0.630. The largest absolute Gasteiger partial charge is 0.339 e. The van der Waals surface area contributed by atoms with Crippen molar-refractivity contribution in [3.8, 4) is 0 Å². The van der Waals surface area contributed by atoms with E-state index in [2.05, 4.69) is 4.72 Å². The average Bonchev–Trinajstić information content (AvgIpc) is 2.84. The van der Waals surface area contributed by atoms with Gasteiger partial charge in [-0.1, -0.05) is 11.6 Å². The number of rotatable bonds is 4. The Morgan fingerprint density at radius 2 is 2.25 bits per heavy atom. The molecule has 2 heterocycles. The first-order chi connectivity index (χ1) is 9.40. The molecule has 0 saturated carbocycles. The van der Waals surface area contributed by atoms with Gasteiger partial charge in [0, 0.05) is 12.6 Å². The maximum Gasteiger partial charge on any atom is 0.250 e. The Kier molecular flexibility index (Phi) is 5.06. The summed E-state index contributed by atoms with van der Waals surface area (Å²) in [5.74, 6) is -0.177. The third-order valence-corrected chi connectivity index (χ3v) is 6.47. The molecule has 1 fully saturated rings. The molecule has 2 rings (SSSR count). The Morgan fingerprint density at radius 1 is 1.50 bits per heavy atom. The fourth-order valence-corrected chi connectivity index (χ4v) is 4.74. The van der Waals surface area contributed by atoms with Gasteiger partial charge in [-0.15, -0.1) is 11.3 Å². The molecule has 0 aliphatic carbocycles. The molecule has 1 aromatic heterocycles. The number of nitrogens with zero attached hydrogens (tertiary/aromatic N) is 1. The van der Waals surface area contributed by atoms with Crippen molar-refractivity contribution < 1.29 is 13.2 Å². The lowest BCUT2D eigenvalue weighted by Gasteiger charge is -2.33. The predicted molar refractivity (Wildman–Crippen MR) is 79.5 cm³/mol. The van der Waals surface area contributed by atoms with Crippen molar-refractivity contribution >= 4 is 38.9 Å². The smallest absolute Gasteiger partial charge is 0.250 e. The van der Waals surface area contributed by atoms with Crippen molar-refractivity contribution in [2.24, 2.45) is 0 Å². The van der Waals surface area contributed by atoms with Crippen LogP contribution >= 0.6 is 22.9 Å². The standard InChI is InChI=1S/C12H17ClN2O3S2/c1-9-4-2-3-7-15(9)11(16)8-14-20(17,18)12-6-5-10(13)19-12/h5-6,9,14H,2-4,7-8H2,1H3/t9-/m1/s1. The fraction of sp³-hybridized carbons (Fsp3) is 0.583. The molecule has 1 atom stereocenters. The van der Waals surface area contributed by atoms with Crippen molar-refractivity contribution in [1.29, 1.82) is 0 Å². The Balaban J connectivity index is 1.96. The van der Waals surface area contributed by atoms with Gasteiger partial charge in [0.25, 0.3) is 10.0 Å². The van der Waals surface area contributed by atoms with Crippen LogP contribution in [-0.4, -0.2) is 38.4 Å². The molecule has 112 valence electrons. The summed E-state index contributed by atoms with van der Waals surface area (Å²) >= 11 is 6.69. The van der Waals surface area contributed by atoms with E-state index in [1.807, 2.05) is 6.92 Å². The summed E-state index contributed by atoms with van der Waals surface area (Å²) in [5, 5.41) is 0. The number of likely N-dealkylation sites (tertiary alicyclic amines) is 1. The average molecular weight is 337 g/mol. The van der Waals surface area contributed by atoms with Gasteiger partial charge in [0.2, 0.25) is 5.91 Å². The highest BCUT2D eigenvalue weighted by atomic mass is 35.5. The van der Waals surface area contributed by atoms with Gasteiger partial charge in [0.15, 0.2) is 0 Å². The van der Waals surface area contributed by atoms with Gasteiger partial charge in [0.05, 0.1) is 10.9 Å². The molecule has 1 N–H and O–H groups in total. The minimum atomic E-state index is -3.65. The molecule has 1 aliphatic rings. The van der Waals surface area contributed by atoms with Crippen LogP contribution in [0, 0.1) is 0 Å². The van der Waals surface area contributed by atoms with E-state index in [-0.39, 0.29) is 22.7 Å². The molecular weight excluding hydrogens is 320 g/mol. The summed E-state index contributed by atoms with van der Waals surface area (Å²) in [6.45, 7) is 2.49. The third-order valence-electron chi connectivity index (χ3n) is 3.35. The van der Waals surface area contributed by atoms with E-state index >= 15 is 0 Å². The Labute approximate surface area is 128 Å². The van der Waals surface area contributed by atoms with Crippen molar-refractivity contribution in [1.82, 2.24) is 9.62 Å². The fourth-order valence-electron chi connectivity index (χ4n) is 2.24. The number of sulfonamides is 1. The van der Waals surface area contributed by atoms with Crippen molar-refractivity contribution in [2.45, 2.75) is 36.4 Å². The zero-order chi connectivity index (χ0) is 14.8. The minimum Gasteiger partial charge on any atom is -0.339 e. The molecule has 0 bridgehead atoms. The number of hydrogen-bond acceptors (Lipinski definition) is 4. The molecule has 5 nitrogen and oxygen atoms in total. The molecule has 1 aromatic rings. The van der Waals surface area contributed by atoms with Crippen LogP contribution in [-0.2, 0) is 14.8 Å². The van der Waals surface area contributed by atoms with Crippen LogP contribution in [0.15, 0.2) is 16.3 Å². The van der Waals surface area contributed by atoms with Gasteiger partial charge in [-0.25, -0.2) is 13.1 Å². The predicted octanol–water partition coefficient (Wildman–Crippen LogP) is 2.08. The number of thiophene rings is 1. The van der Waals surface area contributed by atoms with Gasteiger partial charge in [-0.2, -0.15) is 0 Å². The summed E-state index contributed by atoms with van der Waals surface area (Å²) in [7, 11) is -3.65. The number of carbonyl (C=O) groups excluding carboxylic acids is 1. The van der Waals surface area contributed by atoms with E-state index in [0.29, 0.717) is 10.9 Å². The van der Waals surface area contributed by atoms with Gasteiger partial charge in [0.1, 0.15) is 4.21 Å². The highest BCUT2D eigenvalue weighted by Crippen LogP contribution is 2.25. The molecule has 0 unspecified atom stereocenters. The highest BCUT2D eigenvalue weighted by molar-refractivity contribution is 7.91. The number of hydrogen-bond donors (Lipinski definition) is 1.